The zero-order valence-electron chi connectivity index (χ0n) is 27.7. The molecule has 0 bridgehead atoms. The average Bonchev–Trinajstić information content (AvgIpc) is 3.92. The quantitative estimate of drug-likeness (QED) is 0.398. The van der Waals surface area contributed by atoms with E-state index in [0.29, 0.717) is 31.1 Å². The van der Waals surface area contributed by atoms with Crippen LogP contribution in [-0.2, 0) is 24.4 Å². The van der Waals surface area contributed by atoms with Gasteiger partial charge in [-0.05, 0) is 63.4 Å². The molecular weight excluding hydrogens is 620 g/mol. The van der Waals surface area contributed by atoms with Crippen molar-refractivity contribution in [3.05, 3.63) is 42.6 Å². The number of benzene rings is 1. The molecule has 1 aromatic carbocycles. The summed E-state index contributed by atoms with van der Waals surface area (Å²) in [6.07, 6.45) is 9.20. The van der Waals surface area contributed by atoms with Gasteiger partial charge in [0.15, 0.2) is 0 Å². The van der Waals surface area contributed by atoms with E-state index >= 15 is 0 Å². The Morgan fingerprint density at radius 3 is 2.62 bits per heavy atom. The molecule has 2 aliphatic heterocycles. The summed E-state index contributed by atoms with van der Waals surface area (Å²) in [5.74, 6) is -0.331. The Morgan fingerprint density at radius 2 is 1.89 bits per heavy atom. The van der Waals surface area contributed by atoms with Gasteiger partial charge in [0.05, 0.1) is 24.1 Å². The molecule has 3 heterocycles. The van der Waals surface area contributed by atoms with Crippen LogP contribution < -0.4 is 19.5 Å². The van der Waals surface area contributed by atoms with E-state index in [4.69, 9.17) is 9.47 Å². The van der Waals surface area contributed by atoms with Gasteiger partial charge in [-0.15, -0.1) is 0 Å². The number of aromatic nitrogens is 1. The summed E-state index contributed by atoms with van der Waals surface area (Å²) in [6.45, 7) is 8.57. The third-order valence-corrected chi connectivity index (χ3v) is 12.7. The smallest absolute Gasteiger partial charge is 0.259 e. The number of amides is 3. The standard InChI is InChI=1S/C35H46N4O7S/c1-5-16-45-29-20-36-32(27-13-9-8-12-26(27)29)46-25-18-28-31(41)37-35(33(42)38-47(43,44)34(4)14-15-34)19-24(35)11-7-6-10-22(2)23(3)17-30(40)39(28)21-25/h7-9,11-13,20,22-25,28H,5-6,10,14-19,21H2,1-4H3,(H,37,41)(H,38,42)/b11-7-/t22-,23+,24+,25-,28+,35-/m1/s1. The third-order valence-electron chi connectivity index (χ3n) is 10.6. The molecule has 2 saturated carbocycles. The first-order valence-electron chi connectivity index (χ1n) is 16.9. The number of allylic oxidation sites excluding steroid dienone is 1. The Bertz CT molecular complexity index is 1690. The zero-order chi connectivity index (χ0) is 33.6. The number of carbonyl (C=O) groups is 3. The molecule has 3 amide bonds. The van der Waals surface area contributed by atoms with Crippen LogP contribution in [0.25, 0.3) is 10.8 Å². The summed E-state index contributed by atoms with van der Waals surface area (Å²) in [5, 5.41) is 4.54. The highest BCUT2D eigenvalue weighted by Crippen LogP contribution is 2.47. The third kappa shape index (κ3) is 6.58. The van der Waals surface area contributed by atoms with E-state index in [1.165, 1.54) is 0 Å². The molecule has 2 aliphatic carbocycles. The molecule has 254 valence electrons. The molecule has 11 nitrogen and oxygen atoms in total. The number of ether oxygens (including phenoxy) is 2. The molecule has 47 heavy (non-hydrogen) atoms. The number of carbonyl (C=O) groups excluding carboxylic acids is 3. The molecular formula is C35H46N4O7S. The number of hydrogen-bond donors (Lipinski definition) is 2. The van der Waals surface area contributed by atoms with E-state index in [1.807, 2.05) is 43.3 Å². The minimum atomic E-state index is -3.91. The lowest BCUT2D eigenvalue weighted by molar-refractivity contribution is -0.140. The molecule has 0 spiro atoms. The molecule has 1 saturated heterocycles. The fraction of sp³-hybridized carbons (Fsp3) is 0.600. The van der Waals surface area contributed by atoms with Gasteiger partial charge in [-0.1, -0.05) is 51.1 Å². The topological polar surface area (TPSA) is 144 Å². The van der Waals surface area contributed by atoms with Crippen LogP contribution in [0.15, 0.2) is 42.6 Å². The van der Waals surface area contributed by atoms with Crippen molar-refractivity contribution in [1.29, 1.82) is 0 Å². The molecule has 2 aromatic rings. The number of nitrogens with zero attached hydrogens (tertiary/aromatic N) is 2. The molecule has 1 aromatic heterocycles. The van der Waals surface area contributed by atoms with Crippen LogP contribution in [0.4, 0.5) is 0 Å². The van der Waals surface area contributed by atoms with Gasteiger partial charge in [0.1, 0.15) is 23.4 Å². The van der Waals surface area contributed by atoms with Crippen molar-refractivity contribution in [3.63, 3.8) is 0 Å². The molecule has 0 unspecified atom stereocenters. The molecule has 12 heteroatoms. The molecule has 4 aliphatic rings. The Balaban J connectivity index is 1.27. The lowest BCUT2D eigenvalue weighted by Crippen LogP contribution is -2.57. The van der Waals surface area contributed by atoms with E-state index < -0.39 is 44.3 Å². The number of rotatable bonds is 8. The SMILES string of the molecule is CCCOc1cnc(O[C@@H]2C[C@H]3C(=O)N[C@]4(C(=O)NS(=O)(=O)C5(C)CC5)C[C@@H]4/C=C\CC[C@@H](C)[C@@H](C)CC(=O)N3C2)c2ccccc12. The Morgan fingerprint density at radius 1 is 1.15 bits per heavy atom. The van der Waals surface area contributed by atoms with Gasteiger partial charge in [-0.25, -0.2) is 13.4 Å². The second kappa shape index (κ2) is 12.7. The average molecular weight is 667 g/mol. The largest absolute Gasteiger partial charge is 0.491 e. The lowest BCUT2D eigenvalue weighted by Gasteiger charge is -2.29. The highest BCUT2D eigenvalue weighted by atomic mass is 32.2. The maximum absolute atomic E-state index is 14.1. The van der Waals surface area contributed by atoms with Crippen LogP contribution in [0.5, 0.6) is 11.6 Å². The highest BCUT2D eigenvalue weighted by molar-refractivity contribution is 7.91. The summed E-state index contributed by atoms with van der Waals surface area (Å²) >= 11 is 0. The summed E-state index contributed by atoms with van der Waals surface area (Å²) in [6, 6.07) is 6.76. The van der Waals surface area contributed by atoms with Gasteiger partial charge in [0.2, 0.25) is 27.7 Å². The molecule has 3 fully saturated rings. The molecule has 6 atom stereocenters. The van der Waals surface area contributed by atoms with Crippen molar-refractivity contribution >= 4 is 38.5 Å². The predicted octanol–water partition coefficient (Wildman–Crippen LogP) is 4.26. The predicted molar refractivity (Wildman–Crippen MR) is 177 cm³/mol. The van der Waals surface area contributed by atoms with Crippen molar-refractivity contribution in [3.8, 4) is 11.6 Å². The van der Waals surface area contributed by atoms with Crippen molar-refractivity contribution < 1.29 is 32.3 Å². The second-order valence-corrected chi connectivity index (χ2v) is 16.4. The fourth-order valence-corrected chi connectivity index (χ4v) is 8.00. The van der Waals surface area contributed by atoms with E-state index in [2.05, 4.69) is 28.9 Å². The van der Waals surface area contributed by atoms with E-state index in [1.54, 1.807) is 18.0 Å². The van der Waals surface area contributed by atoms with Gasteiger partial charge in [-0.2, -0.15) is 0 Å². The minimum Gasteiger partial charge on any atom is -0.491 e. The maximum atomic E-state index is 14.1. The first-order chi connectivity index (χ1) is 22.4. The first-order valence-corrected chi connectivity index (χ1v) is 18.4. The van der Waals surface area contributed by atoms with Crippen LogP contribution in [0.2, 0.25) is 0 Å². The maximum Gasteiger partial charge on any atom is 0.259 e. The zero-order valence-corrected chi connectivity index (χ0v) is 28.5. The van der Waals surface area contributed by atoms with Crippen LogP contribution in [0.1, 0.15) is 79.1 Å². The van der Waals surface area contributed by atoms with E-state index in [0.717, 1.165) is 30.0 Å². The van der Waals surface area contributed by atoms with Crippen LogP contribution in [0.3, 0.4) is 0 Å². The van der Waals surface area contributed by atoms with E-state index in [-0.39, 0.29) is 49.5 Å². The number of pyridine rings is 1. The van der Waals surface area contributed by atoms with Crippen LogP contribution in [-0.4, -0.2) is 71.6 Å². The van der Waals surface area contributed by atoms with Crippen molar-refractivity contribution in [2.75, 3.05) is 13.2 Å². The number of fused-ring (bicyclic) bond motifs is 3. The van der Waals surface area contributed by atoms with Crippen molar-refractivity contribution in [2.24, 2.45) is 17.8 Å². The summed E-state index contributed by atoms with van der Waals surface area (Å²) in [4.78, 5) is 47.7. The number of nitrogens with one attached hydrogen (secondary N) is 2. The Hall–Kier alpha value is -3.67. The lowest BCUT2D eigenvalue weighted by atomic mass is 9.88. The Kier molecular flexibility index (Phi) is 9.01. The normalized spacial score (nSPS) is 31.1. The van der Waals surface area contributed by atoms with Crippen LogP contribution >= 0.6 is 0 Å². The summed E-state index contributed by atoms with van der Waals surface area (Å²) in [5.41, 5.74) is -1.41. The van der Waals surface area contributed by atoms with Crippen LogP contribution in [0, 0.1) is 17.8 Å². The second-order valence-electron chi connectivity index (χ2n) is 14.2. The van der Waals surface area contributed by atoms with Crippen molar-refractivity contribution in [1.82, 2.24) is 19.9 Å². The van der Waals surface area contributed by atoms with Gasteiger partial charge < -0.3 is 19.7 Å². The van der Waals surface area contributed by atoms with Gasteiger partial charge >= 0.3 is 0 Å². The number of hydrogen-bond acceptors (Lipinski definition) is 8. The monoisotopic (exact) mass is 666 g/mol. The Labute approximate surface area is 276 Å². The van der Waals surface area contributed by atoms with Gasteiger partial charge in [0, 0.05) is 29.5 Å². The molecule has 6 rings (SSSR count). The van der Waals surface area contributed by atoms with E-state index in [9.17, 15) is 22.8 Å². The highest BCUT2D eigenvalue weighted by Gasteiger charge is 2.63. The summed E-state index contributed by atoms with van der Waals surface area (Å²) < 4.78 is 39.6. The molecule has 0 radical (unpaired) electrons. The number of sulfonamides is 1. The molecule has 2 N–H and O–H groups in total. The first kappa shape index (κ1) is 33.2. The van der Waals surface area contributed by atoms with Gasteiger partial charge in [0.25, 0.3) is 5.91 Å². The summed E-state index contributed by atoms with van der Waals surface area (Å²) in [7, 11) is -3.91. The van der Waals surface area contributed by atoms with Crippen molar-refractivity contribution in [2.45, 2.75) is 101 Å². The minimum absolute atomic E-state index is 0.101. The van der Waals surface area contributed by atoms with Gasteiger partial charge in [-0.3, -0.25) is 19.1 Å². The fourth-order valence-electron chi connectivity index (χ4n) is 6.69.